The Kier molecular flexibility index (Phi) is 5.04. The van der Waals surface area contributed by atoms with E-state index in [2.05, 4.69) is 49.8 Å². The van der Waals surface area contributed by atoms with E-state index in [0.717, 1.165) is 46.0 Å². The predicted octanol–water partition coefficient (Wildman–Crippen LogP) is 5.51. The number of fused-ring (bicyclic) bond motifs is 1. The van der Waals surface area contributed by atoms with E-state index < -0.39 is 0 Å². The topological polar surface area (TPSA) is 34.0 Å². The van der Waals surface area contributed by atoms with Crippen molar-refractivity contribution in [1.82, 2.24) is 19.4 Å². The van der Waals surface area contributed by atoms with Crippen molar-refractivity contribution in [3.8, 4) is 22.4 Å². The lowest BCUT2D eigenvalue weighted by Crippen LogP contribution is -2.23. The van der Waals surface area contributed by atoms with Gasteiger partial charge in [0.25, 0.3) is 0 Å². The van der Waals surface area contributed by atoms with Crippen LogP contribution in [0.25, 0.3) is 33.4 Å². The van der Waals surface area contributed by atoms with Crippen LogP contribution in [-0.4, -0.2) is 39.1 Å². The van der Waals surface area contributed by atoms with Gasteiger partial charge < -0.3 is 9.47 Å². The molecule has 1 aliphatic heterocycles. The Morgan fingerprint density at radius 1 is 0.793 bits per heavy atom. The van der Waals surface area contributed by atoms with Crippen molar-refractivity contribution in [3.05, 3.63) is 72.1 Å². The normalized spacial score (nSPS) is 14.7. The third kappa shape index (κ3) is 3.91. The van der Waals surface area contributed by atoms with E-state index in [9.17, 15) is 0 Å². The van der Waals surface area contributed by atoms with Crippen LogP contribution in [0.1, 0.15) is 12.8 Å². The van der Waals surface area contributed by atoms with Crippen LogP contribution in [0.4, 0.5) is 0 Å². The minimum Gasteiger partial charge on any atom is -0.329 e. The molecule has 2 aromatic carbocycles. The molecule has 0 saturated carbocycles. The van der Waals surface area contributed by atoms with Crippen LogP contribution in [0.15, 0.2) is 67.1 Å². The van der Waals surface area contributed by atoms with Crippen LogP contribution in [0, 0.1) is 0 Å². The van der Waals surface area contributed by atoms with Crippen LogP contribution < -0.4 is 0 Å². The van der Waals surface area contributed by atoms with Gasteiger partial charge in [0.15, 0.2) is 0 Å². The zero-order valence-electron chi connectivity index (χ0n) is 16.3. The van der Waals surface area contributed by atoms with Gasteiger partial charge in [-0.2, -0.15) is 0 Å². The summed E-state index contributed by atoms with van der Waals surface area (Å²) in [5.41, 5.74) is 6.44. The number of pyridine rings is 1. The molecule has 0 N–H and O–H groups in total. The highest BCUT2D eigenvalue weighted by molar-refractivity contribution is 6.30. The van der Waals surface area contributed by atoms with Gasteiger partial charge in [0, 0.05) is 35.4 Å². The molecular weight excluding hydrogens is 380 g/mol. The largest absolute Gasteiger partial charge is 0.329 e. The fourth-order valence-corrected chi connectivity index (χ4v) is 4.16. The van der Waals surface area contributed by atoms with E-state index in [1.54, 1.807) is 0 Å². The number of hydrogen-bond donors (Lipinski definition) is 0. The Hall–Kier alpha value is -2.69. The third-order valence-corrected chi connectivity index (χ3v) is 5.97. The van der Waals surface area contributed by atoms with E-state index in [1.165, 1.54) is 31.4 Å². The van der Waals surface area contributed by atoms with Gasteiger partial charge >= 0.3 is 0 Å². The fourth-order valence-electron chi connectivity index (χ4n) is 4.03. The van der Waals surface area contributed by atoms with Gasteiger partial charge in [-0.1, -0.05) is 35.9 Å². The lowest BCUT2D eigenvalue weighted by molar-refractivity contribution is 0.324. The molecule has 0 radical (unpaired) electrons. The third-order valence-electron chi connectivity index (χ3n) is 5.71. The number of benzene rings is 2. The molecule has 3 heterocycles. The maximum absolute atomic E-state index is 5.98. The average Bonchev–Trinajstić information content (AvgIpc) is 3.42. The zero-order chi connectivity index (χ0) is 19.6. The Morgan fingerprint density at radius 2 is 1.55 bits per heavy atom. The SMILES string of the molecule is Clc1ccc(-c2ccc(-c3ccc4c(c3)ncn4CCN3CCCC3)nc2)cc1. The first-order chi connectivity index (χ1) is 14.3. The Labute approximate surface area is 175 Å². The summed E-state index contributed by atoms with van der Waals surface area (Å²) in [6.07, 6.45) is 6.54. The van der Waals surface area contributed by atoms with Crippen molar-refractivity contribution in [3.63, 3.8) is 0 Å². The Morgan fingerprint density at radius 3 is 2.31 bits per heavy atom. The second kappa shape index (κ2) is 7.97. The summed E-state index contributed by atoms with van der Waals surface area (Å²) in [5, 5.41) is 0.742. The highest BCUT2D eigenvalue weighted by Crippen LogP contribution is 2.26. The monoisotopic (exact) mass is 402 g/mol. The first-order valence-electron chi connectivity index (χ1n) is 10.2. The molecule has 5 rings (SSSR count). The van der Waals surface area contributed by atoms with E-state index in [1.807, 2.05) is 36.8 Å². The molecule has 0 spiro atoms. The molecule has 1 aliphatic rings. The molecular formula is C24H23ClN4. The highest BCUT2D eigenvalue weighted by Gasteiger charge is 2.12. The smallest absolute Gasteiger partial charge is 0.0958 e. The number of imidazole rings is 1. The summed E-state index contributed by atoms with van der Waals surface area (Å²) in [6.45, 7) is 4.55. The summed E-state index contributed by atoms with van der Waals surface area (Å²) in [4.78, 5) is 11.8. The second-order valence-electron chi connectivity index (χ2n) is 7.63. The van der Waals surface area contributed by atoms with Gasteiger partial charge in [0.1, 0.15) is 0 Å². The zero-order valence-corrected chi connectivity index (χ0v) is 17.0. The molecule has 2 aromatic heterocycles. The van der Waals surface area contributed by atoms with Crippen molar-refractivity contribution in [2.45, 2.75) is 19.4 Å². The van der Waals surface area contributed by atoms with Crippen LogP contribution in [0.2, 0.25) is 5.02 Å². The number of hydrogen-bond acceptors (Lipinski definition) is 3. The second-order valence-corrected chi connectivity index (χ2v) is 8.07. The number of halogens is 1. The van der Waals surface area contributed by atoms with E-state index >= 15 is 0 Å². The minimum absolute atomic E-state index is 0.742. The van der Waals surface area contributed by atoms with Crippen LogP contribution in [0.5, 0.6) is 0 Å². The summed E-state index contributed by atoms with van der Waals surface area (Å²) >= 11 is 5.98. The van der Waals surface area contributed by atoms with Gasteiger partial charge in [-0.15, -0.1) is 0 Å². The molecule has 4 nitrogen and oxygen atoms in total. The quantitative estimate of drug-likeness (QED) is 0.441. The first kappa shape index (κ1) is 18.3. The number of likely N-dealkylation sites (tertiary alicyclic amines) is 1. The van der Waals surface area contributed by atoms with Gasteiger partial charge in [-0.3, -0.25) is 4.98 Å². The summed E-state index contributed by atoms with van der Waals surface area (Å²) in [5.74, 6) is 0. The predicted molar refractivity (Wildman–Crippen MR) is 119 cm³/mol. The molecule has 1 fully saturated rings. The van der Waals surface area contributed by atoms with Gasteiger partial charge in [-0.25, -0.2) is 4.98 Å². The van der Waals surface area contributed by atoms with E-state index in [4.69, 9.17) is 11.6 Å². The Balaban J connectivity index is 1.35. The van der Waals surface area contributed by atoms with Crippen LogP contribution in [0.3, 0.4) is 0 Å². The maximum atomic E-state index is 5.98. The molecule has 0 unspecified atom stereocenters. The van der Waals surface area contributed by atoms with Crippen molar-refractivity contribution in [2.24, 2.45) is 0 Å². The number of aromatic nitrogens is 3. The summed E-state index contributed by atoms with van der Waals surface area (Å²) in [7, 11) is 0. The Bertz CT molecular complexity index is 1110. The van der Waals surface area contributed by atoms with Gasteiger partial charge in [0.2, 0.25) is 0 Å². The first-order valence-corrected chi connectivity index (χ1v) is 10.5. The molecule has 0 atom stereocenters. The molecule has 146 valence electrons. The molecule has 1 saturated heterocycles. The molecule has 0 bridgehead atoms. The lowest BCUT2D eigenvalue weighted by Gasteiger charge is -2.15. The van der Waals surface area contributed by atoms with Gasteiger partial charge in [0.05, 0.1) is 23.1 Å². The molecule has 0 aliphatic carbocycles. The van der Waals surface area contributed by atoms with Crippen LogP contribution >= 0.6 is 11.6 Å². The maximum Gasteiger partial charge on any atom is 0.0958 e. The van der Waals surface area contributed by atoms with Crippen molar-refractivity contribution >= 4 is 22.6 Å². The molecule has 29 heavy (non-hydrogen) atoms. The summed E-state index contributed by atoms with van der Waals surface area (Å²) < 4.78 is 2.26. The molecule has 5 heteroatoms. The lowest BCUT2D eigenvalue weighted by atomic mass is 10.1. The van der Waals surface area contributed by atoms with Crippen molar-refractivity contribution < 1.29 is 0 Å². The minimum atomic E-state index is 0.742. The fraction of sp³-hybridized carbons (Fsp3) is 0.250. The van der Waals surface area contributed by atoms with Crippen molar-refractivity contribution in [1.29, 1.82) is 0 Å². The van der Waals surface area contributed by atoms with Crippen molar-refractivity contribution in [2.75, 3.05) is 19.6 Å². The molecule has 0 amide bonds. The van der Waals surface area contributed by atoms with Gasteiger partial charge in [-0.05, 0) is 61.8 Å². The van der Waals surface area contributed by atoms with E-state index in [0.29, 0.717) is 0 Å². The molecule has 4 aromatic rings. The number of rotatable bonds is 5. The van der Waals surface area contributed by atoms with E-state index in [-0.39, 0.29) is 0 Å². The highest BCUT2D eigenvalue weighted by atomic mass is 35.5. The van der Waals surface area contributed by atoms with Crippen LogP contribution in [-0.2, 0) is 6.54 Å². The number of nitrogens with zero attached hydrogens (tertiary/aromatic N) is 4. The average molecular weight is 403 g/mol. The summed E-state index contributed by atoms with van der Waals surface area (Å²) in [6, 6.07) is 18.4. The standard InChI is InChI=1S/C24H23ClN4/c25-21-7-3-18(4-8-21)20-5-9-22(26-16-20)19-6-10-24-23(15-19)27-17-29(24)14-13-28-11-1-2-12-28/h3-10,15-17H,1-2,11-14H2.